The normalized spacial score (nSPS) is 11.6. The minimum atomic E-state index is -3.41. The molecule has 0 spiro atoms. The Bertz CT molecular complexity index is 834. The number of anilines is 1. The molecule has 0 aliphatic heterocycles. The zero-order valence-electron chi connectivity index (χ0n) is 15.9. The number of benzene rings is 2. The second-order valence-corrected chi connectivity index (χ2v) is 8.55. The number of hydrogen-bond acceptors (Lipinski definition) is 4. The molecular weight excluding hydrogens is 364 g/mol. The van der Waals surface area contributed by atoms with E-state index in [1.807, 2.05) is 44.2 Å². The van der Waals surface area contributed by atoms with Gasteiger partial charge in [-0.2, -0.15) is 4.31 Å². The van der Waals surface area contributed by atoms with Crippen LogP contribution in [0.4, 0.5) is 5.69 Å². The van der Waals surface area contributed by atoms with Crippen LogP contribution < -0.4 is 10.1 Å². The number of carbonyl (C=O) groups excluding carboxylic acids is 1. The van der Waals surface area contributed by atoms with E-state index in [4.69, 9.17) is 4.74 Å². The zero-order chi connectivity index (χ0) is 19.9. The lowest BCUT2D eigenvalue weighted by Crippen LogP contribution is -2.32. The molecule has 2 rings (SSSR count). The molecule has 7 heteroatoms. The Balaban J connectivity index is 1.91. The summed E-state index contributed by atoms with van der Waals surface area (Å²) in [6.07, 6.45) is 1.31. The van der Waals surface area contributed by atoms with Gasteiger partial charge < -0.3 is 10.1 Å². The molecule has 0 saturated heterocycles. The monoisotopic (exact) mass is 390 g/mol. The predicted octanol–water partition coefficient (Wildman–Crippen LogP) is 3.26. The largest absolute Gasteiger partial charge is 0.491 e. The van der Waals surface area contributed by atoms with Crippen LogP contribution in [0.2, 0.25) is 0 Å². The molecule has 0 saturated carbocycles. The lowest BCUT2D eigenvalue weighted by Gasteiger charge is -2.20. The molecule has 1 N–H and O–H groups in total. The van der Waals surface area contributed by atoms with Crippen LogP contribution in [-0.2, 0) is 21.4 Å². The van der Waals surface area contributed by atoms with Gasteiger partial charge in [0.05, 0.1) is 12.4 Å². The van der Waals surface area contributed by atoms with Crippen molar-refractivity contribution >= 4 is 21.6 Å². The molecule has 0 unspecified atom stereocenters. The van der Waals surface area contributed by atoms with E-state index in [-0.39, 0.29) is 31.5 Å². The molecule has 2 aromatic carbocycles. The summed E-state index contributed by atoms with van der Waals surface area (Å²) in [7, 11) is -3.41. The van der Waals surface area contributed by atoms with Crippen molar-refractivity contribution in [2.24, 2.45) is 0 Å². The second-order valence-electron chi connectivity index (χ2n) is 6.57. The van der Waals surface area contributed by atoms with Crippen molar-refractivity contribution in [1.82, 2.24) is 4.31 Å². The summed E-state index contributed by atoms with van der Waals surface area (Å²) in [6, 6.07) is 16.4. The standard InChI is InChI=1S/C20H26N2O4S/c1-16(2)26-19-11-9-18(10-12-19)21-20(23)13-14-22(27(3,24)25)15-17-7-5-4-6-8-17/h4-12,16H,13-15H2,1-3H3,(H,21,23). The van der Waals surface area contributed by atoms with Crippen molar-refractivity contribution < 1.29 is 17.9 Å². The molecule has 6 nitrogen and oxygen atoms in total. The summed E-state index contributed by atoms with van der Waals surface area (Å²) in [5.74, 6) is 0.489. The molecule has 0 aliphatic carbocycles. The maximum Gasteiger partial charge on any atom is 0.225 e. The third-order valence-corrected chi connectivity index (χ3v) is 5.02. The Hall–Kier alpha value is -2.38. The molecular formula is C20H26N2O4S. The molecule has 0 heterocycles. The molecule has 27 heavy (non-hydrogen) atoms. The van der Waals surface area contributed by atoms with E-state index in [0.29, 0.717) is 5.69 Å². The number of amides is 1. The van der Waals surface area contributed by atoms with Gasteiger partial charge in [0.15, 0.2) is 0 Å². The van der Waals surface area contributed by atoms with Gasteiger partial charge in [-0.1, -0.05) is 30.3 Å². The van der Waals surface area contributed by atoms with Gasteiger partial charge in [0, 0.05) is 25.2 Å². The molecule has 0 aliphatic rings. The summed E-state index contributed by atoms with van der Waals surface area (Å²) < 4.78 is 30.9. The summed E-state index contributed by atoms with van der Waals surface area (Å²) in [5, 5.41) is 2.78. The Morgan fingerprint density at radius 2 is 1.70 bits per heavy atom. The van der Waals surface area contributed by atoms with E-state index >= 15 is 0 Å². The Morgan fingerprint density at radius 1 is 1.07 bits per heavy atom. The van der Waals surface area contributed by atoms with Gasteiger partial charge in [-0.3, -0.25) is 4.79 Å². The number of nitrogens with one attached hydrogen (secondary N) is 1. The maximum absolute atomic E-state index is 12.2. The van der Waals surface area contributed by atoms with Crippen LogP contribution in [-0.4, -0.2) is 37.5 Å². The Labute approximate surface area is 161 Å². The zero-order valence-corrected chi connectivity index (χ0v) is 16.7. The van der Waals surface area contributed by atoms with Crippen molar-refractivity contribution in [3.63, 3.8) is 0 Å². The average Bonchev–Trinajstić information content (AvgIpc) is 2.60. The number of rotatable bonds is 9. The quantitative estimate of drug-likeness (QED) is 0.713. The van der Waals surface area contributed by atoms with E-state index in [2.05, 4.69) is 5.32 Å². The van der Waals surface area contributed by atoms with Crippen LogP contribution in [0.25, 0.3) is 0 Å². The SMILES string of the molecule is CC(C)Oc1ccc(NC(=O)CCN(Cc2ccccc2)S(C)(=O)=O)cc1. The van der Waals surface area contributed by atoms with Crippen molar-refractivity contribution in [2.45, 2.75) is 32.9 Å². The lowest BCUT2D eigenvalue weighted by molar-refractivity contribution is -0.116. The molecule has 0 aromatic heterocycles. The number of nitrogens with zero attached hydrogens (tertiary/aromatic N) is 1. The smallest absolute Gasteiger partial charge is 0.225 e. The number of hydrogen-bond donors (Lipinski definition) is 1. The highest BCUT2D eigenvalue weighted by Gasteiger charge is 2.18. The Kier molecular flexibility index (Phi) is 7.38. The molecule has 2 aromatic rings. The topological polar surface area (TPSA) is 75.7 Å². The van der Waals surface area contributed by atoms with Gasteiger partial charge in [-0.05, 0) is 43.7 Å². The lowest BCUT2D eigenvalue weighted by atomic mass is 10.2. The molecule has 0 fully saturated rings. The number of ether oxygens (including phenoxy) is 1. The fourth-order valence-corrected chi connectivity index (χ4v) is 3.29. The molecule has 0 bridgehead atoms. The molecule has 1 amide bonds. The predicted molar refractivity (Wildman–Crippen MR) is 107 cm³/mol. The van der Waals surface area contributed by atoms with Crippen LogP contribution in [0.15, 0.2) is 54.6 Å². The van der Waals surface area contributed by atoms with Crippen molar-refractivity contribution in [3.8, 4) is 5.75 Å². The van der Waals surface area contributed by atoms with Gasteiger partial charge in [0.25, 0.3) is 0 Å². The third kappa shape index (κ3) is 7.40. The first kappa shape index (κ1) is 20.9. The van der Waals surface area contributed by atoms with Crippen molar-refractivity contribution in [3.05, 3.63) is 60.2 Å². The first-order valence-corrected chi connectivity index (χ1v) is 10.6. The van der Waals surface area contributed by atoms with E-state index < -0.39 is 10.0 Å². The van der Waals surface area contributed by atoms with Crippen LogP contribution in [0.5, 0.6) is 5.75 Å². The first-order valence-electron chi connectivity index (χ1n) is 8.79. The Morgan fingerprint density at radius 3 is 2.26 bits per heavy atom. The van der Waals surface area contributed by atoms with Crippen LogP contribution in [0, 0.1) is 0 Å². The highest BCUT2D eigenvalue weighted by atomic mass is 32.2. The van der Waals surface area contributed by atoms with E-state index in [1.165, 1.54) is 4.31 Å². The van der Waals surface area contributed by atoms with Crippen LogP contribution in [0.1, 0.15) is 25.8 Å². The van der Waals surface area contributed by atoms with Crippen LogP contribution >= 0.6 is 0 Å². The van der Waals surface area contributed by atoms with Gasteiger partial charge >= 0.3 is 0 Å². The van der Waals surface area contributed by atoms with Gasteiger partial charge in [0.2, 0.25) is 15.9 Å². The summed E-state index contributed by atoms with van der Waals surface area (Å²) in [5.41, 5.74) is 1.52. The third-order valence-electron chi connectivity index (χ3n) is 3.77. The molecule has 0 radical (unpaired) electrons. The second kappa shape index (κ2) is 9.53. The minimum Gasteiger partial charge on any atom is -0.491 e. The van der Waals surface area contributed by atoms with Crippen molar-refractivity contribution in [1.29, 1.82) is 0 Å². The fraction of sp³-hybridized carbons (Fsp3) is 0.350. The molecule has 146 valence electrons. The van der Waals surface area contributed by atoms with Crippen LogP contribution in [0.3, 0.4) is 0 Å². The minimum absolute atomic E-state index is 0.0736. The van der Waals surface area contributed by atoms with E-state index in [9.17, 15) is 13.2 Å². The summed E-state index contributed by atoms with van der Waals surface area (Å²) in [4.78, 5) is 12.2. The first-order chi connectivity index (χ1) is 12.7. The average molecular weight is 391 g/mol. The van der Waals surface area contributed by atoms with E-state index in [0.717, 1.165) is 17.6 Å². The highest BCUT2D eigenvalue weighted by Crippen LogP contribution is 2.17. The molecule has 0 atom stereocenters. The number of carbonyl (C=O) groups is 1. The number of sulfonamides is 1. The van der Waals surface area contributed by atoms with Crippen molar-refractivity contribution in [2.75, 3.05) is 18.1 Å². The van der Waals surface area contributed by atoms with Gasteiger partial charge in [-0.15, -0.1) is 0 Å². The van der Waals surface area contributed by atoms with Gasteiger partial charge in [-0.25, -0.2) is 8.42 Å². The highest BCUT2D eigenvalue weighted by molar-refractivity contribution is 7.88. The summed E-state index contributed by atoms with van der Waals surface area (Å²) >= 11 is 0. The summed E-state index contributed by atoms with van der Waals surface area (Å²) in [6.45, 7) is 4.25. The maximum atomic E-state index is 12.2. The van der Waals surface area contributed by atoms with E-state index in [1.54, 1.807) is 24.3 Å². The fourth-order valence-electron chi connectivity index (χ4n) is 2.49. The van der Waals surface area contributed by atoms with Gasteiger partial charge in [0.1, 0.15) is 5.75 Å².